The monoisotopic (exact) mass is 315 g/mol. The SMILES string of the molecule is COC(=O)C1CC(=O)N(CCc2cc(Cl)cc(Cl)c2)C1. The van der Waals surface area contributed by atoms with E-state index in [1.807, 2.05) is 12.1 Å². The standard InChI is InChI=1S/C14H15Cl2NO3/c1-20-14(19)10-6-13(18)17(8-10)3-2-9-4-11(15)7-12(16)5-9/h4-5,7,10H,2-3,6,8H2,1H3. The van der Waals surface area contributed by atoms with Gasteiger partial charge in [-0.05, 0) is 30.2 Å². The maximum Gasteiger partial charge on any atom is 0.310 e. The number of rotatable bonds is 4. The summed E-state index contributed by atoms with van der Waals surface area (Å²) in [6.45, 7) is 0.961. The van der Waals surface area contributed by atoms with Gasteiger partial charge in [0.25, 0.3) is 0 Å². The first kappa shape index (κ1) is 15.1. The van der Waals surface area contributed by atoms with Gasteiger partial charge in [0.15, 0.2) is 0 Å². The fourth-order valence-corrected chi connectivity index (χ4v) is 2.90. The van der Waals surface area contributed by atoms with E-state index in [4.69, 9.17) is 23.2 Å². The molecule has 0 aliphatic carbocycles. The Morgan fingerprint density at radius 1 is 1.35 bits per heavy atom. The molecule has 6 heteroatoms. The van der Waals surface area contributed by atoms with E-state index < -0.39 is 0 Å². The van der Waals surface area contributed by atoms with Crippen LogP contribution >= 0.6 is 23.2 Å². The summed E-state index contributed by atoms with van der Waals surface area (Å²) in [4.78, 5) is 24.9. The number of carbonyl (C=O) groups is 2. The number of carbonyl (C=O) groups excluding carboxylic acids is 2. The summed E-state index contributed by atoms with van der Waals surface area (Å²) in [5, 5.41) is 1.15. The zero-order valence-electron chi connectivity index (χ0n) is 11.1. The Morgan fingerprint density at radius 3 is 2.60 bits per heavy atom. The second-order valence-corrected chi connectivity index (χ2v) is 5.66. The van der Waals surface area contributed by atoms with E-state index in [-0.39, 0.29) is 24.2 Å². The molecule has 0 radical (unpaired) electrons. The Morgan fingerprint density at radius 2 is 2.00 bits per heavy atom. The highest BCUT2D eigenvalue weighted by atomic mass is 35.5. The van der Waals surface area contributed by atoms with Crippen LogP contribution in [0, 0.1) is 5.92 Å². The van der Waals surface area contributed by atoms with Crippen molar-refractivity contribution >= 4 is 35.1 Å². The first-order chi connectivity index (χ1) is 9.49. The molecule has 1 aliphatic heterocycles. The van der Waals surface area contributed by atoms with Crippen LogP contribution in [0.5, 0.6) is 0 Å². The summed E-state index contributed by atoms with van der Waals surface area (Å²) in [5.74, 6) is -0.698. The normalized spacial score (nSPS) is 18.4. The van der Waals surface area contributed by atoms with Gasteiger partial charge in [0.2, 0.25) is 5.91 Å². The van der Waals surface area contributed by atoms with Gasteiger partial charge in [-0.25, -0.2) is 0 Å². The summed E-state index contributed by atoms with van der Waals surface area (Å²) in [6, 6.07) is 5.32. The van der Waals surface area contributed by atoms with Gasteiger partial charge in [0.1, 0.15) is 0 Å². The maximum atomic E-state index is 11.8. The largest absolute Gasteiger partial charge is 0.469 e. The van der Waals surface area contributed by atoms with Crippen molar-refractivity contribution in [3.05, 3.63) is 33.8 Å². The van der Waals surface area contributed by atoms with E-state index in [9.17, 15) is 9.59 Å². The van der Waals surface area contributed by atoms with Crippen LogP contribution in [-0.4, -0.2) is 37.0 Å². The van der Waals surface area contributed by atoms with E-state index in [0.717, 1.165) is 5.56 Å². The van der Waals surface area contributed by atoms with Crippen LogP contribution in [0.2, 0.25) is 10.0 Å². The molecule has 1 unspecified atom stereocenters. The predicted octanol–water partition coefficient (Wildman–Crippen LogP) is 2.56. The molecule has 1 fully saturated rings. The van der Waals surface area contributed by atoms with Crippen molar-refractivity contribution in [1.29, 1.82) is 0 Å². The minimum absolute atomic E-state index is 0.0199. The smallest absolute Gasteiger partial charge is 0.310 e. The van der Waals surface area contributed by atoms with Gasteiger partial charge in [-0.1, -0.05) is 23.2 Å². The number of ether oxygens (including phenoxy) is 1. The molecule has 108 valence electrons. The van der Waals surface area contributed by atoms with Crippen LogP contribution in [-0.2, 0) is 20.7 Å². The Bertz CT molecular complexity index is 513. The first-order valence-corrected chi connectivity index (χ1v) is 7.05. The predicted molar refractivity (Wildman–Crippen MR) is 76.9 cm³/mol. The third-order valence-electron chi connectivity index (χ3n) is 3.34. The van der Waals surface area contributed by atoms with Gasteiger partial charge in [0, 0.05) is 29.6 Å². The van der Waals surface area contributed by atoms with E-state index in [2.05, 4.69) is 4.74 Å². The average molecular weight is 316 g/mol. The lowest BCUT2D eigenvalue weighted by Crippen LogP contribution is -2.28. The summed E-state index contributed by atoms with van der Waals surface area (Å²) in [6.07, 6.45) is 0.878. The van der Waals surface area contributed by atoms with Gasteiger partial charge in [-0.3, -0.25) is 9.59 Å². The van der Waals surface area contributed by atoms with Crippen LogP contribution in [0.4, 0.5) is 0 Å². The zero-order chi connectivity index (χ0) is 14.7. The number of esters is 1. The molecular weight excluding hydrogens is 301 g/mol. The summed E-state index contributed by atoms with van der Waals surface area (Å²) < 4.78 is 4.67. The highest BCUT2D eigenvalue weighted by molar-refractivity contribution is 6.34. The molecule has 0 N–H and O–H groups in total. The quantitative estimate of drug-likeness (QED) is 0.802. The van der Waals surface area contributed by atoms with Crippen molar-refractivity contribution in [2.75, 3.05) is 20.2 Å². The van der Waals surface area contributed by atoms with Crippen molar-refractivity contribution in [3.63, 3.8) is 0 Å². The van der Waals surface area contributed by atoms with Crippen molar-refractivity contribution in [2.45, 2.75) is 12.8 Å². The van der Waals surface area contributed by atoms with Gasteiger partial charge >= 0.3 is 5.97 Å². The van der Waals surface area contributed by atoms with Gasteiger partial charge in [-0.2, -0.15) is 0 Å². The molecule has 1 atom stereocenters. The Balaban J connectivity index is 1.94. The van der Waals surface area contributed by atoms with E-state index in [0.29, 0.717) is 29.6 Å². The number of hydrogen-bond acceptors (Lipinski definition) is 3. The van der Waals surface area contributed by atoms with Crippen molar-refractivity contribution < 1.29 is 14.3 Å². The van der Waals surface area contributed by atoms with Crippen LogP contribution in [0.3, 0.4) is 0 Å². The number of likely N-dealkylation sites (tertiary alicyclic amines) is 1. The summed E-state index contributed by atoms with van der Waals surface area (Å²) in [7, 11) is 1.34. The van der Waals surface area contributed by atoms with Gasteiger partial charge in [-0.15, -0.1) is 0 Å². The Kier molecular flexibility index (Phi) is 4.89. The molecule has 4 nitrogen and oxygen atoms in total. The molecule has 0 spiro atoms. The number of halogens is 2. The highest BCUT2D eigenvalue weighted by Crippen LogP contribution is 2.22. The molecule has 1 aromatic rings. The van der Waals surface area contributed by atoms with E-state index in [1.165, 1.54) is 7.11 Å². The lowest BCUT2D eigenvalue weighted by Gasteiger charge is -2.16. The Labute approximate surface area is 127 Å². The molecule has 1 heterocycles. The van der Waals surface area contributed by atoms with E-state index >= 15 is 0 Å². The third kappa shape index (κ3) is 3.64. The average Bonchev–Trinajstić information content (AvgIpc) is 2.76. The molecule has 1 saturated heterocycles. The second-order valence-electron chi connectivity index (χ2n) is 4.79. The number of methoxy groups -OCH3 is 1. The fourth-order valence-electron chi connectivity index (χ4n) is 2.33. The van der Waals surface area contributed by atoms with Gasteiger partial charge in [0.05, 0.1) is 13.0 Å². The maximum absolute atomic E-state index is 11.8. The molecule has 2 rings (SSSR count). The summed E-state index contributed by atoms with van der Waals surface area (Å²) >= 11 is 11.9. The van der Waals surface area contributed by atoms with Crippen LogP contribution in [0.1, 0.15) is 12.0 Å². The molecule has 1 aromatic carbocycles. The lowest BCUT2D eigenvalue weighted by molar-refractivity contribution is -0.145. The van der Waals surface area contributed by atoms with Crippen molar-refractivity contribution in [1.82, 2.24) is 4.90 Å². The van der Waals surface area contributed by atoms with Crippen molar-refractivity contribution in [3.8, 4) is 0 Å². The molecule has 1 aliphatic rings. The minimum atomic E-state index is -0.351. The summed E-state index contributed by atoms with van der Waals surface area (Å²) in [5.41, 5.74) is 0.969. The topological polar surface area (TPSA) is 46.6 Å². The first-order valence-electron chi connectivity index (χ1n) is 6.30. The molecule has 20 heavy (non-hydrogen) atoms. The number of benzene rings is 1. The van der Waals surface area contributed by atoms with Crippen molar-refractivity contribution in [2.24, 2.45) is 5.92 Å². The molecule has 1 amide bonds. The highest BCUT2D eigenvalue weighted by Gasteiger charge is 2.34. The number of nitrogens with zero attached hydrogens (tertiary/aromatic N) is 1. The van der Waals surface area contributed by atoms with Crippen LogP contribution in [0.25, 0.3) is 0 Å². The zero-order valence-corrected chi connectivity index (χ0v) is 12.6. The molecular formula is C14H15Cl2NO3. The molecule has 0 saturated carbocycles. The Hall–Kier alpha value is -1.26. The van der Waals surface area contributed by atoms with Gasteiger partial charge < -0.3 is 9.64 Å². The van der Waals surface area contributed by atoms with E-state index in [1.54, 1.807) is 11.0 Å². The second kappa shape index (κ2) is 6.46. The van der Waals surface area contributed by atoms with Crippen LogP contribution in [0.15, 0.2) is 18.2 Å². The minimum Gasteiger partial charge on any atom is -0.469 e. The molecule has 0 aromatic heterocycles. The third-order valence-corrected chi connectivity index (χ3v) is 3.78. The lowest BCUT2D eigenvalue weighted by atomic mass is 10.1. The number of amides is 1. The van der Waals surface area contributed by atoms with Crippen LogP contribution < -0.4 is 0 Å². The number of hydrogen-bond donors (Lipinski definition) is 0. The molecule has 0 bridgehead atoms. The fraction of sp³-hybridized carbons (Fsp3) is 0.429.